The summed E-state index contributed by atoms with van der Waals surface area (Å²) in [7, 11) is 0. The molecule has 0 saturated carbocycles. The molecule has 1 saturated heterocycles. The average Bonchev–Trinajstić information content (AvgIpc) is 3.12. The van der Waals surface area contributed by atoms with Crippen LogP contribution in [0.3, 0.4) is 0 Å². The predicted octanol–water partition coefficient (Wildman–Crippen LogP) is 2.56. The van der Waals surface area contributed by atoms with Gasteiger partial charge in [0.25, 0.3) is 0 Å². The molecule has 0 aromatic carbocycles. The molecule has 0 radical (unpaired) electrons. The molecule has 0 unspecified atom stereocenters. The van der Waals surface area contributed by atoms with E-state index in [2.05, 4.69) is 47.0 Å². The minimum Gasteiger partial charge on any atom is -0.357 e. The number of nitrogens with one attached hydrogen (secondary N) is 1. The van der Waals surface area contributed by atoms with Gasteiger partial charge in [0.1, 0.15) is 12.1 Å². The Balaban J connectivity index is 1.81. The van der Waals surface area contributed by atoms with Crippen molar-refractivity contribution in [2.45, 2.75) is 32.1 Å². The number of hydrogen-bond acceptors (Lipinski definition) is 4. The first-order chi connectivity index (χ1) is 12.1. The summed E-state index contributed by atoms with van der Waals surface area (Å²) < 4.78 is 2.18. The van der Waals surface area contributed by atoms with Crippen LogP contribution in [0.4, 0.5) is 0 Å². The Morgan fingerprint density at radius 1 is 1.40 bits per heavy atom. The molecule has 1 fully saturated rings. The zero-order valence-electron chi connectivity index (χ0n) is 15.1. The van der Waals surface area contributed by atoms with E-state index in [4.69, 9.17) is 4.99 Å². The van der Waals surface area contributed by atoms with Gasteiger partial charge in [-0.1, -0.05) is 6.07 Å². The van der Waals surface area contributed by atoms with Crippen LogP contribution >= 0.6 is 11.8 Å². The number of nitrogens with zero attached hydrogens (tertiary/aromatic N) is 5. The molecule has 2 aromatic rings. The fourth-order valence-corrected chi connectivity index (χ4v) is 4.07. The van der Waals surface area contributed by atoms with E-state index >= 15 is 0 Å². The van der Waals surface area contributed by atoms with Crippen LogP contribution in [0.25, 0.3) is 5.82 Å². The maximum absolute atomic E-state index is 4.89. The van der Waals surface area contributed by atoms with Gasteiger partial charge in [0.15, 0.2) is 5.96 Å². The molecule has 1 aliphatic heterocycles. The lowest BCUT2D eigenvalue weighted by atomic mass is 10.2. The number of aromatic nitrogens is 3. The summed E-state index contributed by atoms with van der Waals surface area (Å²) in [6.45, 7) is 10.2. The van der Waals surface area contributed by atoms with E-state index in [1.165, 1.54) is 0 Å². The average molecular weight is 359 g/mol. The molecule has 1 N–H and O–H groups in total. The second kappa shape index (κ2) is 7.91. The van der Waals surface area contributed by atoms with Gasteiger partial charge in [0.05, 0.1) is 6.54 Å². The molecule has 2 aromatic heterocycles. The molecule has 6 nitrogen and oxygen atoms in total. The monoisotopic (exact) mass is 358 g/mol. The van der Waals surface area contributed by atoms with Gasteiger partial charge in [-0.15, -0.1) is 0 Å². The van der Waals surface area contributed by atoms with Crippen LogP contribution < -0.4 is 5.32 Å². The van der Waals surface area contributed by atoms with Crippen molar-refractivity contribution < 1.29 is 0 Å². The van der Waals surface area contributed by atoms with E-state index in [0.29, 0.717) is 6.54 Å². The fraction of sp³-hybridized carbons (Fsp3) is 0.500. The number of hydrogen-bond donors (Lipinski definition) is 1. The number of thioether (sulfide) groups is 1. The van der Waals surface area contributed by atoms with Gasteiger partial charge >= 0.3 is 0 Å². The first-order valence-corrected chi connectivity index (χ1v) is 9.67. The lowest BCUT2D eigenvalue weighted by Crippen LogP contribution is -2.50. The van der Waals surface area contributed by atoms with E-state index in [1.807, 2.05) is 28.6 Å². The van der Waals surface area contributed by atoms with Crippen LogP contribution in [0.15, 0.2) is 42.0 Å². The molecule has 3 heterocycles. The molecule has 0 bridgehead atoms. The molecular formula is C18H26N6S. The summed E-state index contributed by atoms with van der Waals surface area (Å²) >= 11 is 2.03. The highest BCUT2D eigenvalue weighted by atomic mass is 32.2. The molecule has 0 amide bonds. The highest BCUT2D eigenvalue weighted by molar-refractivity contribution is 8.00. The normalized spacial score (nSPS) is 17.6. The minimum atomic E-state index is 0.255. The number of pyridine rings is 1. The molecule has 134 valence electrons. The lowest BCUT2D eigenvalue weighted by molar-refractivity contribution is 0.376. The Bertz CT molecular complexity index is 710. The zero-order valence-corrected chi connectivity index (χ0v) is 16.0. The first-order valence-electron chi connectivity index (χ1n) is 8.68. The van der Waals surface area contributed by atoms with Gasteiger partial charge in [0.2, 0.25) is 0 Å². The number of aliphatic imine (C=N–C) groups is 1. The fourth-order valence-electron chi connectivity index (χ4n) is 2.95. The Morgan fingerprint density at radius 3 is 3.00 bits per heavy atom. The van der Waals surface area contributed by atoms with Gasteiger partial charge < -0.3 is 10.2 Å². The van der Waals surface area contributed by atoms with Gasteiger partial charge in [-0.3, -0.25) is 4.57 Å². The van der Waals surface area contributed by atoms with Crippen molar-refractivity contribution in [2.75, 3.05) is 25.4 Å². The van der Waals surface area contributed by atoms with Gasteiger partial charge in [-0.25, -0.2) is 15.0 Å². The summed E-state index contributed by atoms with van der Waals surface area (Å²) in [5, 5.41) is 3.44. The lowest BCUT2D eigenvalue weighted by Gasteiger charge is -2.39. The SMILES string of the molecule is CCNC(=NCc1cccnc1-n1ccnc1)N1CCSC(C)(C)C1. The highest BCUT2D eigenvalue weighted by Crippen LogP contribution is 2.29. The van der Waals surface area contributed by atoms with Crippen molar-refractivity contribution in [1.82, 2.24) is 24.8 Å². The van der Waals surface area contributed by atoms with E-state index in [9.17, 15) is 0 Å². The van der Waals surface area contributed by atoms with Crippen LogP contribution in [-0.2, 0) is 6.54 Å². The summed E-state index contributed by atoms with van der Waals surface area (Å²) in [4.78, 5) is 15.9. The third-order valence-corrected chi connectivity index (χ3v) is 5.37. The summed E-state index contributed by atoms with van der Waals surface area (Å²) in [6, 6.07) is 4.03. The second-order valence-electron chi connectivity index (χ2n) is 6.66. The maximum atomic E-state index is 4.89. The third-order valence-electron chi connectivity index (χ3n) is 4.08. The molecule has 0 aliphatic carbocycles. The Morgan fingerprint density at radius 2 is 2.28 bits per heavy atom. The first kappa shape index (κ1) is 17.8. The smallest absolute Gasteiger partial charge is 0.194 e. The predicted molar refractivity (Wildman–Crippen MR) is 104 cm³/mol. The molecule has 0 atom stereocenters. The molecule has 1 aliphatic rings. The standard InChI is InChI=1S/C18H26N6S/c1-4-20-17(23-10-11-25-18(2,3)13-23)22-12-15-6-5-7-21-16(15)24-9-8-19-14-24/h5-9,14H,4,10-13H2,1-3H3,(H,20,22). The van der Waals surface area contributed by atoms with Crippen molar-refractivity contribution in [3.63, 3.8) is 0 Å². The van der Waals surface area contributed by atoms with Crippen LogP contribution in [-0.4, -0.2) is 55.5 Å². The van der Waals surface area contributed by atoms with Crippen molar-refractivity contribution in [2.24, 2.45) is 4.99 Å². The van der Waals surface area contributed by atoms with Gasteiger partial charge in [-0.05, 0) is 26.8 Å². The van der Waals surface area contributed by atoms with E-state index in [0.717, 1.165) is 42.7 Å². The highest BCUT2D eigenvalue weighted by Gasteiger charge is 2.28. The van der Waals surface area contributed by atoms with E-state index < -0.39 is 0 Å². The quantitative estimate of drug-likeness (QED) is 0.672. The Kier molecular flexibility index (Phi) is 5.63. The summed E-state index contributed by atoms with van der Waals surface area (Å²) in [5.41, 5.74) is 1.08. The minimum absolute atomic E-state index is 0.255. The number of imidazole rings is 1. The van der Waals surface area contributed by atoms with Crippen LogP contribution in [0.1, 0.15) is 26.3 Å². The third kappa shape index (κ3) is 4.54. The van der Waals surface area contributed by atoms with Crippen LogP contribution in [0.2, 0.25) is 0 Å². The maximum Gasteiger partial charge on any atom is 0.194 e. The van der Waals surface area contributed by atoms with Crippen molar-refractivity contribution >= 4 is 17.7 Å². The van der Waals surface area contributed by atoms with Gasteiger partial charge in [-0.2, -0.15) is 11.8 Å². The van der Waals surface area contributed by atoms with Crippen LogP contribution in [0, 0.1) is 0 Å². The largest absolute Gasteiger partial charge is 0.357 e. The zero-order chi connectivity index (χ0) is 17.7. The number of rotatable bonds is 4. The molecule has 0 spiro atoms. The van der Waals surface area contributed by atoms with Crippen molar-refractivity contribution in [3.8, 4) is 5.82 Å². The summed E-state index contributed by atoms with van der Waals surface area (Å²) in [6.07, 6.45) is 7.24. The van der Waals surface area contributed by atoms with Crippen molar-refractivity contribution in [3.05, 3.63) is 42.6 Å². The van der Waals surface area contributed by atoms with Gasteiger partial charge in [0, 0.05) is 54.3 Å². The number of guanidine groups is 1. The Labute approximate surface area is 153 Å². The van der Waals surface area contributed by atoms with E-state index in [1.54, 1.807) is 18.7 Å². The molecule has 7 heteroatoms. The topological polar surface area (TPSA) is 58.3 Å². The van der Waals surface area contributed by atoms with Crippen molar-refractivity contribution in [1.29, 1.82) is 0 Å². The van der Waals surface area contributed by atoms with E-state index in [-0.39, 0.29) is 4.75 Å². The Hall–Kier alpha value is -2.02. The second-order valence-corrected chi connectivity index (χ2v) is 8.46. The summed E-state index contributed by atoms with van der Waals surface area (Å²) in [5.74, 6) is 3.00. The molecule has 25 heavy (non-hydrogen) atoms. The van der Waals surface area contributed by atoms with Crippen LogP contribution in [0.5, 0.6) is 0 Å². The molecule has 3 rings (SSSR count). The molecular weight excluding hydrogens is 332 g/mol.